The lowest BCUT2D eigenvalue weighted by Crippen LogP contribution is -2.48. The van der Waals surface area contributed by atoms with Crippen LogP contribution in [0.1, 0.15) is 34.0 Å². The minimum absolute atomic E-state index is 0.0106. The Hall–Kier alpha value is -3.86. The highest BCUT2D eigenvalue weighted by atomic mass is 32.2. The lowest BCUT2D eigenvalue weighted by Gasteiger charge is -2.25. The summed E-state index contributed by atoms with van der Waals surface area (Å²) < 4.78 is 34.5. The van der Waals surface area contributed by atoms with E-state index >= 15 is 0 Å². The summed E-state index contributed by atoms with van der Waals surface area (Å²) in [7, 11) is -0.359. The average Bonchev–Trinajstić information content (AvgIpc) is 3.33. The van der Waals surface area contributed by atoms with Crippen molar-refractivity contribution in [3.63, 3.8) is 0 Å². The Morgan fingerprint density at radius 1 is 1.07 bits per heavy atom. The molecular weight excluding hydrogens is 552 g/mol. The van der Waals surface area contributed by atoms with Gasteiger partial charge in [0.2, 0.25) is 10.0 Å². The summed E-state index contributed by atoms with van der Waals surface area (Å²) in [4.78, 5) is 13.8. The molecule has 0 spiro atoms. The highest BCUT2D eigenvalue weighted by molar-refractivity contribution is 7.92. The van der Waals surface area contributed by atoms with Crippen molar-refractivity contribution in [2.45, 2.75) is 45.0 Å². The summed E-state index contributed by atoms with van der Waals surface area (Å²) in [5.74, 6) is 0.397. The van der Waals surface area contributed by atoms with Gasteiger partial charge in [-0.25, -0.2) is 8.42 Å². The molecule has 0 saturated heterocycles. The third kappa shape index (κ3) is 6.30. The molecule has 42 heavy (non-hydrogen) atoms. The van der Waals surface area contributed by atoms with Gasteiger partial charge in [0, 0.05) is 43.8 Å². The molecule has 2 atom stereocenters. The number of anilines is 1. The van der Waals surface area contributed by atoms with Gasteiger partial charge < -0.3 is 25.0 Å². The molecule has 3 N–H and O–H groups in total. The Bertz CT molecular complexity index is 1670. The smallest absolute Gasteiger partial charge is 0.251 e. The van der Waals surface area contributed by atoms with E-state index in [0.717, 1.165) is 33.3 Å². The van der Waals surface area contributed by atoms with Crippen LogP contribution in [0.25, 0.3) is 10.9 Å². The molecular formula is C32H38N4O5S. The minimum atomic E-state index is -3.52. The van der Waals surface area contributed by atoms with E-state index in [1.165, 1.54) is 4.31 Å². The van der Waals surface area contributed by atoms with E-state index in [9.17, 15) is 18.3 Å². The number of nitrogens with one attached hydrogen (secondary N) is 2. The predicted octanol–water partition coefficient (Wildman–Crippen LogP) is 3.48. The van der Waals surface area contributed by atoms with Gasteiger partial charge in [-0.1, -0.05) is 42.5 Å². The first kappa shape index (κ1) is 29.6. The van der Waals surface area contributed by atoms with Crippen LogP contribution in [0.3, 0.4) is 0 Å². The Kier molecular flexibility index (Phi) is 8.86. The van der Waals surface area contributed by atoms with E-state index in [0.29, 0.717) is 37.2 Å². The molecule has 1 aromatic heterocycles. The van der Waals surface area contributed by atoms with E-state index in [4.69, 9.17) is 4.74 Å². The molecule has 0 aliphatic carbocycles. The van der Waals surface area contributed by atoms with Gasteiger partial charge in [0.1, 0.15) is 5.75 Å². The van der Waals surface area contributed by atoms with Crippen LogP contribution in [0.4, 0.5) is 5.69 Å². The molecule has 1 amide bonds. The van der Waals surface area contributed by atoms with Crippen molar-refractivity contribution in [1.29, 1.82) is 0 Å². The number of benzene rings is 3. The van der Waals surface area contributed by atoms with Crippen molar-refractivity contribution in [1.82, 2.24) is 15.2 Å². The number of aryl methyl sites for hydroxylation is 2. The molecule has 5 rings (SSSR count). The van der Waals surface area contributed by atoms with Crippen molar-refractivity contribution >= 4 is 32.5 Å². The van der Waals surface area contributed by atoms with Crippen LogP contribution in [0.5, 0.6) is 5.75 Å². The van der Waals surface area contributed by atoms with Gasteiger partial charge in [-0.2, -0.15) is 0 Å². The number of carbonyl (C=O) groups excluding carboxylic acids is 1. The van der Waals surface area contributed by atoms with Crippen LogP contribution in [0.15, 0.2) is 72.9 Å². The maximum Gasteiger partial charge on any atom is 0.251 e. The van der Waals surface area contributed by atoms with Crippen molar-refractivity contribution in [2.24, 2.45) is 0 Å². The SMILES string of the molecule is CCn1cc2c3c(cc(C(=O)N[C@@H](Cc4ccccc4)[C@H](O)CNCc4cccc(OC)c4)cc31)N(C)S(=O)(=O)CC2. The highest BCUT2D eigenvalue weighted by Crippen LogP contribution is 2.37. The van der Waals surface area contributed by atoms with E-state index in [1.54, 1.807) is 20.2 Å². The maximum absolute atomic E-state index is 13.8. The number of hydrogen-bond donors (Lipinski definition) is 3. The average molecular weight is 591 g/mol. The second-order valence-corrected chi connectivity index (χ2v) is 12.8. The fraction of sp³-hybridized carbons (Fsp3) is 0.344. The number of ether oxygens (including phenoxy) is 1. The monoisotopic (exact) mass is 590 g/mol. The third-order valence-corrected chi connectivity index (χ3v) is 9.68. The predicted molar refractivity (Wildman–Crippen MR) is 166 cm³/mol. The van der Waals surface area contributed by atoms with Crippen molar-refractivity contribution in [3.05, 3.63) is 95.2 Å². The van der Waals surface area contributed by atoms with Crippen molar-refractivity contribution in [2.75, 3.05) is 30.8 Å². The van der Waals surface area contributed by atoms with Crippen molar-refractivity contribution < 1.29 is 23.1 Å². The van der Waals surface area contributed by atoms with Crippen LogP contribution in [0, 0.1) is 0 Å². The van der Waals surface area contributed by atoms with Crippen LogP contribution in [0.2, 0.25) is 0 Å². The van der Waals surface area contributed by atoms with Crippen LogP contribution < -0.4 is 19.7 Å². The number of amides is 1. The quantitative estimate of drug-likeness (QED) is 0.247. The molecule has 4 aromatic rings. The number of aromatic nitrogens is 1. The zero-order valence-corrected chi connectivity index (χ0v) is 25.0. The number of sulfonamides is 1. The fourth-order valence-corrected chi connectivity index (χ4v) is 6.73. The maximum atomic E-state index is 13.8. The molecule has 1 aliphatic heterocycles. The Balaban J connectivity index is 1.40. The minimum Gasteiger partial charge on any atom is -0.497 e. The summed E-state index contributed by atoms with van der Waals surface area (Å²) in [5.41, 5.74) is 4.61. The Morgan fingerprint density at radius 3 is 2.57 bits per heavy atom. The van der Waals surface area contributed by atoms with Crippen molar-refractivity contribution in [3.8, 4) is 5.75 Å². The highest BCUT2D eigenvalue weighted by Gasteiger charge is 2.29. The van der Waals surface area contributed by atoms with Crippen LogP contribution >= 0.6 is 0 Å². The molecule has 222 valence electrons. The molecule has 9 nitrogen and oxygen atoms in total. The molecule has 0 unspecified atom stereocenters. The van der Waals surface area contributed by atoms with E-state index in [2.05, 4.69) is 15.2 Å². The van der Waals surface area contributed by atoms with Gasteiger partial charge in [-0.15, -0.1) is 0 Å². The summed E-state index contributed by atoms with van der Waals surface area (Å²) >= 11 is 0. The second-order valence-electron chi connectivity index (χ2n) is 10.7. The van der Waals surface area contributed by atoms with Gasteiger partial charge in [0.25, 0.3) is 5.91 Å². The number of aliphatic hydroxyl groups excluding tert-OH is 1. The lowest BCUT2D eigenvalue weighted by atomic mass is 9.99. The number of nitrogens with zero attached hydrogens (tertiary/aromatic N) is 2. The summed E-state index contributed by atoms with van der Waals surface area (Å²) in [6, 6.07) is 20.3. The molecule has 2 heterocycles. The molecule has 0 radical (unpaired) electrons. The van der Waals surface area contributed by atoms with E-state index in [1.807, 2.05) is 73.8 Å². The summed E-state index contributed by atoms with van der Waals surface area (Å²) in [6.45, 7) is 3.48. The van der Waals surface area contributed by atoms with Gasteiger partial charge >= 0.3 is 0 Å². The number of hydrogen-bond acceptors (Lipinski definition) is 6. The van der Waals surface area contributed by atoms with E-state index in [-0.39, 0.29) is 18.2 Å². The number of aliphatic hydroxyl groups is 1. The van der Waals surface area contributed by atoms with Gasteiger partial charge in [-0.05, 0) is 60.7 Å². The fourth-order valence-electron chi connectivity index (χ4n) is 5.54. The van der Waals surface area contributed by atoms with Gasteiger partial charge in [-0.3, -0.25) is 9.10 Å². The first-order valence-corrected chi connectivity index (χ1v) is 15.8. The first-order valence-electron chi connectivity index (χ1n) is 14.2. The summed E-state index contributed by atoms with van der Waals surface area (Å²) in [5, 5.41) is 18.5. The number of methoxy groups -OCH3 is 1. The van der Waals surface area contributed by atoms with Crippen LogP contribution in [-0.2, 0) is 36.0 Å². The topological polar surface area (TPSA) is 113 Å². The largest absolute Gasteiger partial charge is 0.497 e. The first-order chi connectivity index (χ1) is 20.2. The van der Waals surface area contributed by atoms with Gasteiger partial charge in [0.05, 0.1) is 36.2 Å². The molecule has 10 heteroatoms. The second kappa shape index (κ2) is 12.6. The number of carbonyl (C=O) groups is 1. The summed E-state index contributed by atoms with van der Waals surface area (Å²) in [6.07, 6.45) is 1.94. The van der Waals surface area contributed by atoms with Crippen LogP contribution in [-0.4, -0.2) is 62.6 Å². The molecule has 3 aromatic carbocycles. The van der Waals surface area contributed by atoms with E-state index < -0.39 is 22.2 Å². The molecule has 0 bridgehead atoms. The molecule has 0 saturated carbocycles. The lowest BCUT2D eigenvalue weighted by molar-refractivity contribution is 0.0830. The third-order valence-electron chi connectivity index (χ3n) is 7.92. The zero-order chi connectivity index (χ0) is 29.9. The zero-order valence-electron chi connectivity index (χ0n) is 24.2. The Morgan fingerprint density at radius 2 is 1.83 bits per heavy atom. The molecule has 0 fully saturated rings. The number of rotatable bonds is 11. The molecule has 1 aliphatic rings. The standard InChI is InChI=1S/C32H38N4O5S/c1-4-36-21-24-13-14-42(39,40)35(2)28-17-25(18-29(36)31(24)28)32(38)34-27(16-22-9-6-5-7-10-22)30(37)20-33-19-23-11-8-12-26(15-23)41-3/h5-12,15,17-18,21,27,30,33,37H,4,13-14,16,19-20H2,1-3H3,(H,34,38)/t27-,30+/m0/s1. The van der Waals surface area contributed by atoms with Gasteiger partial charge in [0.15, 0.2) is 0 Å². The normalized spacial score (nSPS) is 15.7. The Labute approximate surface area is 247 Å².